The van der Waals surface area contributed by atoms with E-state index < -0.39 is 0 Å². The summed E-state index contributed by atoms with van der Waals surface area (Å²) in [5.74, 6) is 0.792. The molecule has 1 aliphatic rings. The van der Waals surface area contributed by atoms with Gasteiger partial charge in [-0.1, -0.05) is 29.8 Å². The molecule has 0 fully saturated rings. The molecule has 1 aliphatic heterocycles. The van der Waals surface area contributed by atoms with Crippen LogP contribution in [0.1, 0.15) is 39.7 Å². The molecule has 2 amide bonds. The Bertz CT molecular complexity index is 1200. The van der Waals surface area contributed by atoms with Gasteiger partial charge in [-0.15, -0.1) is 0 Å². The minimum absolute atomic E-state index is 0.140. The van der Waals surface area contributed by atoms with Crippen LogP contribution in [0, 0.1) is 6.92 Å². The Hall–Kier alpha value is -4.07. The Morgan fingerprint density at radius 2 is 1.88 bits per heavy atom. The maximum Gasteiger partial charge on any atom is 0.289 e. The largest absolute Gasteiger partial charge is 0.497 e. The van der Waals surface area contributed by atoms with Gasteiger partial charge in [0.25, 0.3) is 11.8 Å². The first-order chi connectivity index (χ1) is 16.4. The van der Waals surface area contributed by atoms with Crippen molar-refractivity contribution in [3.63, 3.8) is 0 Å². The van der Waals surface area contributed by atoms with Crippen molar-refractivity contribution >= 4 is 17.5 Å². The molecule has 0 spiro atoms. The van der Waals surface area contributed by atoms with Crippen molar-refractivity contribution in [1.29, 1.82) is 0 Å². The Balaban J connectivity index is 1.64. The van der Waals surface area contributed by atoms with Gasteiger partial charge in [0, 0.05) is 25.1 Å². The van der Waals surface area contributed by atoms with Gasteiger partial charge in [0.2, 0.25) is 0 Å². The van der Waals surface area contributed by atoms with Crippen LogP contribution in [0.2, 0.25) is 0 Å². The number of aryl methyl sites for hydroxylation is 1. The number of methoxy groups -OCH3 is 2. The topological polar surface area (TPSA) is 84.6 Å². The van der Waals surface area contributed by atoms with E-state index in [0.717, 1.165) is 22.4 Å². The summed E-state index contributed by atoms with van der Waals surface area (Å²) >= 11 is 0. The van der Waals surface area contributed by atoms with Gasteiger partial charge in [-0.05, 0) is 36.8 Å². The molecule has 0 N–H and O–H groups in total. The molecule has 1 atom stereocenters. The quantitative estimate of drug-likeness (QED) is 0.530. The van der Waals surface area contributed by atoms with Crippen LogP contribution in [0.4, 0.5) is 0 Å². The molecule has 2 aromatic carbocycles. The van der Waals surface area contributed by atoms with E-state index in [-0.39, 0.29) is 30.2 Å². The second-order valence-electron chi connectivity index (χ2n) is 8.12. The molecule has 0 aliphatic carbocycles. The Morgan fingerprint density at radius 1 is 1.12 bits per heavy atom. The average molecular weight is 462 g/mol. The number of carbonyl (C=O) groups excluding carboxylic acids is 2. The lowest BCUT2D eigenvalue weighted by molar-refractivity contribution is -0.133. The van der Waals surface area contributed by atoms with Gasteiger partial charge in [0.15, 0.2) is 5.76 Å². The molecule has 3 aromatic rings. The highest BCUT2D eigenvalue weighted by molar-refractivity contribution is 6.05. The minimum Gasteiger partial charge on any atom is -0.497 e. The molecule has 0 saturated carbocycles. The first-order valence-electron chi connectivity index (χ1n) is 10.9. The van der Waals surface area contributed by atoms with Crippen LogP contribution in [-0.2, 0) is 4.79 Å². The smallest absolute Gasteiger partial charge is 0.289 e. The molecule has 1 aromatic heterocycles. The van der Waals surface area contributed by atoms with E-state index in [1.165, 1.54) is 16.2 Å². The van der Waals surface area contributed by atoms with Crippen LogP contribution in [-0.4, -0.2) is 55.2 Å². The van der Waals surface area contributed by atoms with Crippen molar-refractivity contribution in [2.24, 2.45) is 5.10 Å². The van der Waals surface area contributed by atoms with Gasteiger partial charge < -0.3 is 18.8 Å². The van der Waals surface area contributed by atoms with E-state index in [2.05, 4.69) is 0 Å². The summed E-state index contributed by atoms with van der Waals surface area (Å²) in [5.41, 5.74) is 3.60. The van der Waals surface area contributed by atoms with Gasteiger partial charge in [-0.2, -0.15) is 5.10 Å². The molecular weight excluding hydrogens is 434 g/mol. The summed E-state index contributed by atoms with van der Waals surface area (Å²) in [4.78, 5) is 27.3. The Labute approximate surface area is 198 Å². The third-order valence-corrected chi connectivity index (χ3v) is 5.80. The molecule has 0 radical (unpaired) electrons. The summed E-state index contributed by atoms with van der Waals surface area (Å²) in [6.07, 6.45) is 1.93. The third-order valence-electron chi connectivity index (χ3n) is 5.80. The highest BCUT2D eigenvalue weighted by Crippen LogP contribution is 2.36. The number of hydrogen-bond acceptors (Lipinski definition) is 6. The Morgan fingerprint density at radius 3 is 2.53 bits per heavy atom. The molecule has 34 heavy (non-hydrogen) atoms. The molecule has 8 heteroatoms. The van der Waals surface area contributed by atoms with Crippen LogP contribution in [0.3, 0.4) is 0 Å². The first kappa shape index (κ1) is 23.1. The lowest BCUT2D eigenvalue weighted by Gasteiger charge is -2.24. The van der Waals surface area contributed by atoms with E-state index in [9.17, 15) is 9.59 Å². The van der Waals surface area contributed by atoms with Crippen LogP contribution < -0.4 is 9.47 Å². The normalized spacial score (nSPS) is 15.1. The predicted octanol–water partition coefficient (Wildman–Crippen LogP) is 4.06. The maximum atomic E-state index is 13.4. The number of hydrogen-bond donors (Lipinski definition) is 0. The van der Waals surface area contributed by atoms with Gasteiger partial charge >= 0.3 is 0 Å². The zero-order valence-electron chi connectivity index (χ0n) is 19.6. The van der Waals surface area contributed by atoms with Gasteiger partial charge in [-0.3, -0.25) is 9.59 Å². The number of hydrazone groups is 1. The second-order valence-corrected chi connectivity index (χ2v) is 8.12. The van der Waals surface area contributed by atoms with Crippen LogP contribution in [0.5, 0.6) is 11.5 Å². The lowest BCUT2D eigenvalue weighted by Crippen LogP contribution is -2.39. The summed E-state index contributed by atoms with van der Waals surface area (Å²) in [6, 6.07) is 16.4. The van der Waals surface area contributed by atoms with Gasteiger partial charge in [0.05, 0.1) is 32.2 Å². The molecule has 1 unspecified atom stereocenters. The minimum atomic E-state index is -0.370. The number of nitrogens with zero attached hydrogens (tertiary/aromatic N) is 3. The highest BCUT2D eigenvalue weighted by atomic mass is 16.5. The summed E-state index contributed by atoms with van der Waals surface area (Å²) in [5, 5.41) is 6.16. The van der Waals surface area contributed by atoms with Crippen molar-refractivity contribution in [3.8, 4) is 11.5 Å². The van der Waals surface area contributed by atoms with Crippen molar-refractivity contribution in [2.45, 2.75) is 19.4 Å². The third kappa shape index (κ3) is 4.66. The summed E-state index contributed by atoms with van der Waals surface area (Å²) in [6.45, 7) is 1.87. The Kier molecular flexibility index (Phi) is 6.67. The molecule has 2 heterocycles. The van der Waals surface area contributed by atoms with Crippen molar-refractivity contribution < 1.29 is 23.5 Å². The second kappa shape index (κ2) is 9.82. The van der Waals surface area contributed by atoms with E-state index >= 15 is 0 Å². The standard InChI is InChI=1S/C26H27N3O5/c1-17-7-9-18(10-8-17)22-15-21(20-12-11-19(32-3)14-24(20)33-4)27-29(22)25(30)16-28(2)26(31)23-6-5-13-34-23/h5-14,22H,15-16H2,1-4H3. The molecular formula is C26H27N3O5. The lowest BCUT2D eigenvalue weighted by atomic mass is 9.97. The molecule has 176 valence electrons. The molecule has 0 saturated heterocycles. The van der Waals surface area contributed by atoms with Crippen molar-refractivity contribution in [1.82, 2.24) is 9.91 Å². The number of carbonyl (C=O) groups is 2. The summed E-state index contributed by atoms with van der Waals surface area (Å²) in [7, 11) is 4.75. The first-order valence-corrected chi connectivity index (χ1v) is 10.9. The zero-order valence-corrected chi connectivity index (χ0v) is 19.6. The fourth-order valence-electron chi connectivity index (χ4n) is 3.92. The number of furan rings is 1. The predicted molar refractivity (Wildman–Crippen MR) is 127 cm³/mol. The average Bonchev–Trinajstić information content (AvgIpc) is 3.54. The summed E-state index contributed by atoms with van der Waals surface area (Å²) < 4.78 is 16.0. The highest BCUT2D eigenvalue weighted by Gasteiger charge is 2.35. The number of rotatable bonds is 7. The number of ether oxygens (including phenoxy) is 2. The van der Waals surface area contributed by atoms with Crippen molar-refractivity contribution in [2.75, 3.05) is 27.8 Å². The number of benzene rings is 2. The zero-order chi connectivity index (χ0) is 24.2. The number of amides is 2. The fourth-order valence-corrected chi connectivity index (χ4v) is 3.92. The van der Waals surface area contributed by atoms with Gasteiger partial charge in [0.1, 0.15) is 18.0 Å². The molecule has 8 nitrogen and oxygen atoms in total. The van der Waals surface area contributed by atoms with E-state index in [1.54, 1.807) is 39.5 Å². The maximum absolute atomic E-state index is 13.4. The van der Waals surface area contributed by atoms with Crippen LogP contribution in [0.15, 0.2) is 70.4 Å². The van der Waals surface area contributed by atoms with E-state index in [0.29, 0.717) is 17.9 Å². The van der Waals surface area contributed by atoms with Crippen LogP contribution in [0.25, 0.3) is 0 Å². The van der Waals surface area contributed by atoms with E-state index in [4.69, 9.17) is 19.0 Å². The molecule has 0 bridgehead atoms. The van der Waals surface area contributed by atoms with Gasteiger partial charge in [-0.25, -0.2) is 5.01 Å². The fraction of sp³-hybridized carbons (Fsp3) is 0.269. The monoisotopic (exact) mass is 461 g/mol. The SMILES string of the molecule is COc1ccc(C2=NN(C(=O)CN(C)C(=O)c3ccco3)C(c3ccc(C)cc3)C2)c(OC)c1. The van der Waals surface area contributed by atoms with Crippen LogP contribution >= 0.6 is 0 Å². The molecule has 4 rings (SSSR count). The number of likely N-dealkylation sites (N-methyl/N-ethyl adjacent to an activating group) is 1. The van der Waals surface area contributed by atoms with E-state index in [1.807, 2.05) is 43.3 Å². The van der Waals surface area contributed by atoms with Crippen molar-refractivity contribution in [3.05, 3.63) is 83.3 Å².